The van der Waals surface area contributed by atoms with Gasteiger partial charge < -0.3 is 20.5 Å². The van der Waals surface area contributed by atoms with Crippen molar-refractivity contribution in [2.24, 2.45) is 0 Å². The van der Waals surface area contributed by atoms with Gasteiger partial charge in [-0.05, 0) is 13.0 Å². The highest BCUT2D eigenvalue weighted by Crippen LogP contribution is 2.23. The SMILES string of the molecule is COc1ccc([N+](=O)[O-])cc1CNC(=O)NC(C)C(=O)O. The van der Waals surface area contributed by atoms with Gasteiger partial charge in [0.25, 0.3) is 5.69 Å². The summed E-state index contributed by atoms with van der Waals surface area (Å²) in [5.74, 6) is -0.787. The summed E-state index contributed by atoms with van der Waals surface area (Å²) in [7, 11) is 1.40. The number of nitro groups is 1. The molecule has 0 radical (unpaired) electrons. The average molecular weight is 297 g/mol. The molecule has 0 aromatic heterocycles. The fourth-order valence-electron chi connectivity index (χ4n) is 1.50. The lowest BCUT2D eigenvalue weighted by Crippen LogP contribution is -2.44. The van der Waals surface area contributed by atoms with Gasteiger partial charge in [-0.3, -0.25) is 14.9 Å². The van der Waals surface area contributed by atoms with E-state index in [2.05, 4.69) is 10.6 Å². The Kier molecular flexibility index (Phi) is 5.47. The van der Waals surface area contributed by atoms with Gasteiger partial charge in [-0.15, -0.1) is 0 Å². The third kappa shape index (κ3) is 4.64. The van der Waals surface area contributed by atoms with Gasteiger partial charge in [0, 0.05) is 24.2 Å². The molecule has 3 N–H and O–H groups in total. The number of benzene rings is 1. The number of methoxy groups -OCH3 is 1. The van der Waals surface area contributed by atoms with Crippen LogP contribution in [0.3, 0.4) is 0 Å². The van der Waals surface area contributed by atoms with Gasteiger partial charge in [0.2, 0.25) is 0 Å². The lowest BCUT2D eigenvalue weighted by molar-refractivity contribution is -0.384. The molecule has 0 heterocycles. The van der Waals surface area contributed by atoms with E-state index in [1.165, 1.54) is 32.2 Å². The molecule has 0 saturated heterocycles. The maximum absolute atomic E-state index is 11.5. The Bertz CT molecular complexity index is 560. The second kappa shape index (κ2) is 7.08. The number of hydrogen-bond donors (Lipinski definition) is 3. The lowest BCUT2D eigenvalue weighted by atomic mass is 10.1. The summed E-state index contributed by atoms with van der Waals surface area (Å²) in [6.45, 7) is 1.28. The van der Waals surface area contributed by atoms with Crippen molar-refractivity contribution in [3.8, 4) is 5.75 Å². The Balaban J connectivity index is 2.73. The van der Waals surface area contributed by atoms with E-state index in [0.29, 0.717) is 11.3 Å². The van der Waals surface area contributed by atoms with E-state index in [1.807, 2.05) is 0 Å². The Labute approximate surface area is 120 Å². The predicted octanol–water partition coefficient (Wildman–Crippen LogP) is 0.876. The van der Waals surface area contributed by atoms with Gasteiger partial charge in [0.15, 0.2) is 0 Å². The molecular weight excluding hydrogens is 282 g/mol. The third-order valence-electron chi connectivity index (χ3n) is 2.63. The van der Waals surface area contributed by atoms with Crippen molar-refractivity contribution >= 4 is 17.7 Å². The Hall–Kier alpha value is -2.84. The molecule has 0 fully saturated rings. The second-order valence-corrected chi connectivity index (χ2v) is 4.14. The maximum Gasteiger partial charge on any atom is 0.325 e. The summed E-state index contributed by atoms with van der Waals surface area (Å²) in [5.41, 5.74) is 0.275. The van der Waals surface area contributed by atoms with Crippen molar-refractivity contribution in [3.05, 3.63) is 33.9 Å². The van der Waals surface area contributed by atoms with Crippen molar-refractivity contribution in [1.82, 2.24) is 10.6 Å². The minimum atomic E-state index is -1.17. The van der Waals surface area contributed by atoms with Crippen LogP contribution in [0.1, 0.15) is 12.5 Å². The first-order chi connectivity index (χ1) is 9.85. The summed E-state index contributed by atoms with van der Waals surface area (Å²) in [4.78, 5) is 32.2. The number of urea groups is 1. The Morgan fingerprint density at radius 3 is 2.67 bits per heavy atom. The van der Waals surface area contributed by atoms with Gasteiger partial charge in [-0.25, -0.2) is 4.79 Å². The van der Waals surface area contributed by atoms with Crippen molar-refractivity contribution in [2.45, 2.75) is 19.5 Å². The summed E-state index contributed by atoms with van der Waals surface area (Å²) in [5, 5.41) is 24.0. The second-order valence-electron chi connectivity index (χ2n) is 4.14. The van der Waals surface area contributed by atoms with Crippen LogP contribution in [0.4, 0.5) is 10.5 Å². The summed E-state index contributed by atoms with van der Waals surface area (Å²) < 4.78 is 5.04. The van der Waals surface area contributed by atoms with Gasteiger partial charge in [0.1, 0.15) is 11.8 Å². The van der Waals surface area contributed by atoms with E-state index in [4.69, 9.17) is 9.84 Å². The van der Waals surface area contributed by atoms with Crippen LogP contribution in [0.15, 0.2) is 18.2 Å². The number of nitrogens with one attached hydrogen (secondary N) is 2. The number of non-ortho nitro benzene ring substituents is 1. The molecule has 0 spiro atoms. The van der Waals surface area contributed by atoms with Crippen molar-refractivity contribution in [1.29, 1.82) is 0 Å². The Morgan fingerprint density at radius 2 is 2.14 bits per heavy atom. The van der Waals surface area contributed by atoms with E-state index in [9.17, 15) is 19.7 Å². The maximum atomic E-state index is 11.5. The van der Waals surface area contributed by atoms with Gasteiger partial charge in [-0.1, -0.05) is 0 Å². The minimum Gasteiger partial charge on any atom is -0.496 e. The van der Waals surface area contributed by atoms with E-state index >= 15 is 0 Å². The first kappa shape index (κ1) is 16.2. The van der Waals surface area contributed by atoms with E-state index in [0.717, 1.165) is 0 Å². The highest BCUT2D eigenvalue weighted by molar-refractivity contribution is 5.82. The number of nitrogens with zero attached hydrogens (tertiary/aromatic N) is 1. The predicted molar refractivity (Wildman–Crippen MR) is 72.1 cm³/mol. The summed E-state index contributed by atoms with van der Waals surface area (Å²) in [6, 6.07) is 2.25. The fraction of sp³-hybridized carbons (Fsp3) is 0.333. The highest BCUT2D eigenvalue weighted by atomic mass is 16.6. The van der Waals surface area contributed by atoms with E-state index in [1.54, 1.807) is 0 Å². The molecule has 1 aromatic carbocycles. The van der Waals surface area contributed by atoms with E-state index in [-0.39, 0.29) is 12.2 Å². The number of aliphatic carboxylic acids is 1. The van der Waals surface area contributed by atoms with Crippen LogP contribution in [-0.4, -0.2) is 35.2 Å². The number of ether oxygens (including phenoxy) is 1. The monoisotopic (exact) mass is 297 g/mol. The normalized spacial score (nSPS) is 11.3. The van der Waals surface area contributed by atoms with E-state index < -0.39 is 23.0 Å². The fourth-order valence-corrected chi connectivity index (χ4v) is 1.50. The van der Waals surface area contributed by atoms with Gasteiger partial charge in [-0.2, -0.15) is 0 Å². The van der Waals surface area contributed by atoms with Crippen LogP contribution in [0.5, 0.6) is 5.75 Å². The summed E-state index contributed by atoms with van der Waals surface area (Å²) in [6.07, 6.45) is 0. The molecule has 0 saturated carbocycles. The standard InChI is InChI=1S/C12H15N3O6/c1-7(11(16)17)14-12(18)13-6-8-5-9(15(19)20)3-4-10(8)21-2/h3-5,7H,6H2,1-2H3,(H,16,17)(H2,13,14,18). The van der Waals surface area contributed by atoms with Crippen LogP contribution in [-0.2, 0) is 11.3 Å². The van der Waals surface area contributed by atoms with Crippen molar-refractivity contribution in [3.63, 3.8) is 0 Å². The number of amides is 2. The Morgan fingerprint density at radius 1 is 1.48 bits per heavy atom. The van der Waals surface area contributed by atoms with Crippen LogP contribution >= 0.6 is 0 Å². The number of nitro benzene ring substituents is 1. The molecule has 1 aromatic rings. The number of hydrogen-bond acceptors (Lipinski definition) is 5. The molecule has 1 rings (SSSR count). The molecule has 9 nitrogen and oxygen atoms in total. The lowest BCUT2D eigenvalue weighted by Gasteiger charge is -2.12. The number of carbonyl (C=O) groups is 2. The molecule has 9 heteroatoms. The van der Waals surface area contributed by atoms with Crippen molar-refractivity contribution in [2.75, 3.05) is 7.11 Å². The molecule has 114 valence electrons. The number of rotatable bonds is 6. The molecule has 0 bridgehead atoms. The number of carboxylic acids is 1. The molecule has 0 aliphatic rings. The number of carbonyl (C=O) groups excluding carboxylic acids is 1. The zero-order chi connectivity index (χ0) is 16.0. The highest BCUT2D eigenvalue weighted by Gasteiger charge is 2.15. The first-order valence-electron chi connectivity index (χ1n) is 5.93. The first-order valence-corrected chi connectivity index (χ1v) is 5.93. The topological polar surface area (TPSA) is 131 Å². The quantitative estimate of drug-likeness (QED) is 0.527. The number of carboxylic acid groups (broad SMARTS) is 1. The molecule has 1 unspecified atom stereocenters. The van der Waals surface area contributed by atoms with Crippen LogP contribution in [0, 0.1) is 10.1 Å². The zero-order valence-electron chi connectivity index (χ0n) is 11.5. The zero-order valence-corrected chi connectivity index (χ0v) is 11.5. The minimum absolute atomic E-state index is 0.0387. The smallest absolute Gasteiger partial charge is 0.325 e. The van der Waals surface area contributed by atoms with Crippen molar-refractivity contribution < 1.29 is 24.4 Å². The molecule has 1 atom stereocenters. The summed E-state index contributed by atoms with van der Waals surface area (Å²) >= 11 is 0. The van der Waals surface area contributed by atoms with Gasteiger partial charge >= 0.3 is 12.0 Å². The third-order valence-corrected chi connectivity index (χ3v) is 2.63. The molecule has 2 amide bonds. The van der Waals surface area contributed by atoms with Crippen LogP contribution in [0.25, 0.3) is 0 Å². The molecule has 0 aliphatic heterocycles. The van der Waals surface area contributed by atoms with Crippen LogP contribution < -0.4 is 15.4 Å². The largest absolute Gasteiger partial charge is 0.496 e. The average Bonchev–Trinajstić information content (AvgIpc) is 2.44. The molecule has 0 aliphatic carbocycles. The molecular formula is C12H15N3O6. The molecule has 21 heavy (non-hydrogen) atoms. The van der Waals surface area contributed by atoms with Gasteiger partial charge in [0.05, 0.1) is 12.0 Å². The van der Waals surface area contributed by atoms with Crippen LogP contribution in [0.2, 0.25) is 0 Å².